The molecule has 0 radical (unpaired) electrons. The molecule has 0 atom stereocenters. The smallest absolute Gasteiger partial charge is 0.213 e. The number of aryl methyl sites for hydroxylation is 1. The molecular weight excluding hydrogens is 202 g/mol. The summed E-state index contributed by atoms with van der Waals surface area (Å²) in [5.41, 5.74) is 1.08. The number of para-hydroxylation sites is 1. The SMILES string of the molecule is CCc1cccc(CS(N)(=O)=O)c1O. The summed E-state index contributed by atoms with van der Waals surface area (Å²) in [6.07, 6.45) is 0.657. The highest BCUT2D eigenvalue weighted by Crippen LogP contribution is 2.23. The second-order valence-electron chi connectivity index (χ2n) is 3.09. The Hall–Kier alpha value is -1.07. The standard InChI is InChI=1S/C9H13NO3S/c1-2-7-4-3-5-8(9(7)11)6-14(10,12)13/h3-5,11H,2,6H2,1H3,(H2,10,12,13). The Morgan fingerprint density at radius 2 is 1.93 bits per heavy atom. The number of primary sulfonamides is 1. The van der Waals surface area contributed by atoms with E-state index in [1.165, 1.54) is 0 Å². The third-order valence-corrected chi connectivity index (χ3v) is 2.65. The fourth-order valence-corrected chi connectivity index (χ4v) is 1.93. The van der Waals surface area contributed by atoms with Gasteiger partial charge in [0.25, 0.3) is 0 Å². The van der Waals surface area contributed by atoms with E-state index in [1.807, 2.05) is 6.92 Å². The topological polar surface area (TPSA) is 80.4 Å². The maximum Gasteiger partial charge on any atom is 0.213 e. The van der Waals surface area contributed by atoms with E-state index in [0.717, 1.165) is 5.56 Å². The molecule has 0 spiro atoms. The minimum Gasteiger partial charge on any atom is -0.507 e. The van der Waals surface area contributed by atoms with Gasteiger partial charge in [0.05, 0.1) is 5.75 Å². The molecule has 0 aliphatic rings. The fourth-order valence-electron chi connectivity index (χ4n) is 1.26. The lowest BCUT2D eigenvalue weighted by Gasteiger charge is -2.06. The van der Waals surface area contributed by atoms with Crippen molar-refractivity contribution in [2.45, 2.75) is 19.1 Å². The number of rotatable bonds is 3. The molecule has 14 heavy (non-hydrogen) atoms. The predicted molar refractivity (Wildman–Crippen MR) is 54.3 cm³/mol. The average Bonchev–Trinajstić information content (AvgIpc) is 2.06. The van der Waals surface area contributed by atoms with Crippen molar-refractivity contribution in [1.82, 2.24) is 0 Å². The van der Waals surface area contributed by atoms with Crippen molar-refractivity contribution in [3.63, 3.8) is 0 Å². The highest BCUT2D eigenvalue weighted by molar-refractivity contribution is 7.88. The fraction of sp³-hybridized carbons (Fsp3) is 0.333. The van der Waals surface area contributed by atoms with Gasteiger partial charge < -0.3 is 5.11 Å². The van der Waals surface area contributed by atoms with Crippen molar-refractivity contribution < 1.29 is 13.5 Å². The average molecular weight is 215 g/mol. The number of phenols is 1. The third kappa shape index (κ3) is 2.71. The molecule has 0 aromatic heterocycles. The van der Waals surface area contributed by atoms with Crippen LogP contribution >= 0.6 is 0 Å². The van der Waals surface area contributed by atoms with Crippen LogP contribution in [0.1, 0.15) is 18.1 Å². The van der Waals surface area contributed by atoms with E-state index in [4.69, 9.17) is 5.14 Å². The minimum atomic E-state index is -3.58. The van der Waals surface area contributed by atoms with E-state index in [9.17, 15) is 13.5 Å². The second kappa shape index (κ2) is 3.98. The van der Waals surface area contributed by atoms with E-state index < -0.39 is 10.0 Å². The molecule has 0 saturated heterocycles. The molecule has 5 heteroatoms. The van der Waals surface area contributed by atoms with Gasteiger partial charge in [-0.1, -0.05) is 25.1 Å². The zero-order chi connectivity index (χ0) is 10.8. The Kier molecular flexibility index (Phi) is 3.13. The summed E-state index contributed by atoms with van der Waals surface area (Å²) in [4.78, 5) is 0. The number of nitrogens with two attached hydrogens (primary N) is 1. The van der Waals surface area contributed by atoms with E-state index in [1.54, 1.807) is 18.2 Å². The van der Waals surface area contributed by atoms with Crippen LogP contribution in [0.25, 0.3) is 0 Å². The van der Waals surface area contributed by atoms with Gasteiger partial charge in [-0.25, -0.2) is 13.6 Å². The summed E-state index contributed by atoms with van der Waals surface area (Å²) in [6, 6.07) is 5.01. The number of hydrogen-bond acceptors (Lipinski definition) is 3. The van der Waals surface area contributed by atoms with Crippen LogP contribution in [-0.4, -0.2) is 13.5 Å². The van der Waals surface area contributed by atoms with Crippen molar-refractivity contribution in [2.24, 2.45) is 5.14 Å². The van der Waals surface area contributed by atoms with Gasteiger partial charge in [0.2, 0.25) is 10.0 Å². The summed E-state index contributed by atoms with van der Waals surface area (Å²) in [5, 5.41) is 14.5. The molecule has 78 valence electrons. The number of sulfonamides is 1. The minimum absolute atomic E-state index is 0.0315. The van der Waals surface area contributed by atoms with Gasteiger partial charge in [0.1, 0.15) is 5.75 Å². The molecular formula is C9H13NO3S. The summed E-state index contributed by atoms with van der Waals surface area (Å²) in [7, 11) is -3.58. The first-order valence-corrected chi connectivity index (χ1v) is 5.95. The van der Waals surface area contributed by atoms with E-state index in [2.05, 4.69) is 0 Å². The Labute approximate surface area is 83.4 Å². The van der Waals surface area contributed by atoms with Crippen LogP contribution in [-0.2, 0) is 22.2 Å². The first kappa shape index (κ1) is 11.0. The molecule has 0 fully saturated rings. The number of benzene rings is 1. The van der Waals surface area contributed by atoms with Gasteiger partial charge in [0.15, 0.2) is 0 Å². The maximum absolute atomic E-state index is 10.8. The van der Waals surface area contributed by atoms with Crippen LogP contribution in [0, 0.1) is 0 Å². The van der Waals surface area contributed by atoms with Crippen molar-refractivity contribution in [2.75, 3.05) is 0 Å². The lowest BCUT2D eigenvalue weighted by molar-refractivity contribution is 0.463. The molecule has 0 aliphatic heterocycles. The van der Waals surface area contributed by atoms with Gasteiger partial charge in [-0.15, -0.1) is 0 Å². The highest BCUT2D eigenvalue weighted by Gasteiger charge is 2.11. The van der Waals surface area contributed by atoms with E-state index in [-0.39, 0.29) is 11.5 Å². The van der Waals surface area contributed by atoms with Crippen molar-refractivity contribution in [3.05, 3.63) is 29.3 Å². The predicted octanol–water partition coefficient (Wildman–Crippen LogP) is 0.743. The summed E-state index contributed by atoms with van der Waals surface area (Å²) < 4.78 is 21.6. The molecule has 0 amide bonds. The zero-order valence-electron chi connectivity index (χ0n) is 7.90. The summed E-state index contributed by atoms with van der Waals surface area (Å²) in [6.45, 7) is 1.88. The van der Waals surface area contributed by atoms with Gasteiger partial charge in [-0.05, 0) is 12.0 Å². The van der Waals surface area contributed by atoms with E-state index >= 15 is 0 Å². The molecule has 4 nitrogen and oxygen atoms in total. The summed E-state index contributed by atoms with van der Waals surface area (Å²) in [5.74, 6) is -0.295. The molecule has 0 unspecified atom stereocenters. The van der Waals surface area contributed by atoms with Crippen molar-refractivity contribution >= 4 is 10.0 Å². The lowest BCUT2D eigenvalue weighted by atomic mass is 10.1. The number of aromatic hydroxyl groups is 1. The monoisotopic (exact) mass is 215 g/mol. The van der Waals surface area contributed by atoms with Crippen LogP contribution in [0.15, 0.2) is 18.2 Å². The Morgan fingerprint density at radius 1 is 1.36 bits per heavy atom. The van der Waals surface area contributed by atoms with Crippen LogP contribution in [0.4, 0.5) is 0 Å². The van der Waals surface area contributed by atoms with Crippen LogP contribution in [0.5, 0.6) is 5.75 Å². The molecule has 0 saturated carbocycles. The highest BCUT2D eigenvalue weighted by atomic mass is 32.2. The van der Waals surface area contributed by atoms with Gasteiger partial charge in [-0.3, -0.25) is 0 Å². The Morgan fingerprint density at radius 3 is 2.43 bits per heavy atom. The largest absolute Gasteiger partial charge is 0.507 e. The number of hydrogen-bond donors (Lipinski definition) is 2. The molecule has 1 aromatic rings. The molecule has 1 rings (SSSR count). The number of phenolic OH excluding ortho intramolecular Hbond substituents is 1. The first-order chi connectivity index (χ1) is 6.44. The van der Waals surface area contributed by atoms with E-state index in [0.29, 0.717) is 12.0 Å². The molecule has 0 aliphatic carbocycles. The van der Waals surface area contributed by atoms with Gasteiger partial charge in [0, 0.05) is 5.56 Å². The van der Waals surface area contributed by atoms with Crippen LogP contribution < -0.4 is 5.14 Å². The Balaban J connectivity index is 3.10. The lowest BCUT2D eigenvalue weighted by Crippen LogP contribution is -2.14. The molecule has 3 N–H and O–H groups in total. The van der Waals surface area contributed by atoms with Crippen molar-refractivity contribution in [1.29, 1.82) is 0 Å². The maximum atomic E-state index is 10.8. The first-order valence-electron chi connectivity index (χ1n) is 4.24. The molecule has 1 aromatic carbocycles. The Bertz CT molecular complexity index is 426. The van der Waals surface area contributed by atoms with Crippen molar-refractivity contribution in [3.8, 4) is 5.75 Å². The third-order valence-electron chi connectivity index (χ3n) is 1.94. The molecule has 0 heterocycles. The molecule has 0 bridgehead atoms. The quantitative estimate of drug-likeness (QED) is 0.780. The zero-order valence-corrected chi connectivity index (χ0v) is 8.71. The summed E-state index contributed by atoms with van der Waals surface area (Å²) >= 11 is 0. The van der Waals surface area contributed by atoms with Gasteiger partial charge >= 0.3 is 0 Å². The van der Waals surface area contributed by atoms with Crippen LogP contribution in [0.2, 0.25) is 0 Å². The van der Waals surface area contributed by atoms with Gasteiger partial charge in [-0.2, -0.15) is 0 Å². The second-order valence-corrected chi connectivity index (χ2v) is 4.70. The van der Waals surface area contributed by atoms with Crippen LogP contribution in [0.3, 0.4) is 0 Å². The normalized spacial score (nSPS) is 11.6.